The second kappa shape index (κ2) is 11.6. The number of benzene rings is 2. The lowest BCUT2D eigenvalue weighted by molar-refractivity contribution is -0.120. The smallest absolute Gasteiger partial charge is 0.262 e. The quantitative estimate of drug-likeness (QED) is 0.328. The van der Waals surface area contributed by atoms with E-state index < -0.39 is 5.92 Å². The van der Waals surface area contributed by atoms with Gasteiger partial charge in [-0.05, 0) is 76.9 Å². The number of anilines is 1. The topological polar surface area (TPSA) is 90.9 Å². The predicted molar refractivity (Wildman–Crippen MR) is 169 cm³/mol. The van der Waals surface area contributed by atoms with Gasteiger partial charge in [-0.3, -0.25) is 14.4 Å². The zero-order valence-electron chi connectivity index (χ0n) is 26.0. The molecule has 0 aromatic heterocycles. The van der Waals surface area contributed by atoms with E-state index in [0.29, 0.717) is 70.9 Å². The highest BCUT2D eigenvalue weighted by Crippen LogP contribution is 2.54. The minimum atomic E-state index is -0.566. The zero-order chi connectivity index (χ0) is 31.3. The van der Waals surface area contributed by atoms with Gasteiger partial charge in [0.25, 0.3) is 5.91 Å². The SMILES string of the molecule is CCOc1cc(C2C3=C(CC(C)(C)CC3=O)OC3=C2C(=O)CC(C)(C)C3)cc(Br)c1OCC(=O)Nc1ccc(C)cc1C. The fourth-order valence-electron chi connectivity index (χ4n) is 6.44. The average molecular weight is 651 g/mol. The minimum absolute atomic E-state index is 0.00193. The van der Waals surface area contributed by atoms with Crippen LogP contribution in [0, 0.1) is 24.7 Å². The summed E-state index contributed by atoms with van der Waals surface area (Å²) < 4.78 is 19.0. The summed E-state index contributed by atoms with van der Waals surface area (Å²) in [6.07, 6.45) is 1.99. The Balaban J connectivity index is 1.51. The second-order valence-electron chi connectivity index (χ2n) is 13.5. The molecule has 1 aliphatic heterocycles. The molecule has 1 heterocycles. The third-order valence-corrected chi connectivity index (χ3v) is 8.84. The molecule has 1 amide bonds. The molecule has 0 spiro atoms. The fraction of sp³-hybridized carbons (Fsp3) is 0.457. The predicted octanol–water partition coefficient (Wildman–Crippen LogP) is 7.88. The molecule has 0 fully saturated rings. The Bertz CT molecular complexity index is 1530. The Hall–Kier alpha value is -3.39. The summed E-state index contributed by atoms with van der Waals surface area (Å²) in [7, 11) is 0. The van der Waals surface area contributed by atoms with Crippen molar-refractivity contribution in [2.45, 2.75) is 80.1 Å². The summed E-state index contributed by atoms with van der Waals surface area (Å²) in [4.78, 5) is 40.2. The number of carbonyl (C=O) groups excluding carboxylic acids is 3. The Labute approximate surface area is 262 Å². The molecule has 43 heavy (non-hydrogen) atoms. The molecule has 0 radical (unpaired) electrons. The Kier molecular flexibility index (Phi) is 8.38. The number of hydrogen-bond acceptors (Lipinski definition) is 6. The Morgan fingerprint density at radius 3 is 2.09 bits per heavy atom. The summed E-state index contributed by atoms with van der Waals surface area (Å²) in [5.74, 6) is 1.25. The maximum atomic E-state index is 13.7. The number of halogens is 1. The van der Waals surface area contributed by atoms with Crippen LogP contribution in [0.2, 0.25) is 0 Å². The molecule has 3 aliphatic rings. The van der Waals surface area contributed by atoms with E-state index in [1.165, 1.54) is 0 Å². The van der Waals surface area contributed by atoms with Crippen LogP contribution >= 0.6 is 15.9 Å². The molecule has 1 N–H and O–H groups in total. The summed E-state index contributed by atoms with van der Waals surface area (Å²) in [5, 5.41) is 2.91. The maximum Gasteiger partial charge on any atom is 0.262 e. The minimum Gasteiger partial charge on any atom is -0.490 e. The van der Waals surface area contributed by atoms with E-state index in [-0.39, 0.29) is 34.9 Å². The molecular weight excluding hydrogens is 610 g/mol. The van der Waals surface area contributed by atoms with Gasteiger partial charge in [0.2, 0.25) is 0 Å². The van der Waals surface area contributed by atoms with Crippen LogP contribution in [0.15, 0.2) is 57.5 Å². The van der Waals surface area contributed by atoms with Gasteiger partial charge >= 0.3 is 0 Å². The highest BCUT2D eigenvalue weighted by atomic mass is 79.9. The monoisotopic (exact) mass is 649 g/mol. The highest BCUT2D eigenvalue weighted by Gasteiger charge is 2.48. The van der Waals surface area contributed by atoms with Crippen molar-refractivity contribution in [2.24, 2.45) is 10.8 Å². The standard InChI is InChI=1S/C35H40BrNO6/c1-8-41-26-13-21(12-22(36)33(26)42-18-29(40)37-23-10-9-19(2)11-20(23)3)30-31-24(38)14-34(4,5)16-27(31)43-28-17-35(6,7)15-25(39)32(28)30/h9-13,30H,8,14-18H2,1-7H3,(H,37,40). The van der Waals surface area contributed by atoms with Gasteiger partial charge in [-0.25, -0.2) is 0 Å². The lowest BCUT2D eigenvalue weighted by Crippen LogP contribution is -2.37. The Morgan fingerprint density at radius 1 is 0.930 bits per heavy atom. The van der Waals surface area contributed by atoms with Gasteiger partial charge in [0.05, 0.1) is 11.1 Å². The number of nitrogens with one attached hydrogen (secondary N) is 1. The molecule has 0 atom stereocenters. The molecule has 7 nitrogen and oxygen atoms in total. The number of allylic oxidation sites excluding steroid dienone is 4. The van der Waals surface area contributed by atoms with Gasteiger partial charge in [-0.15, -0.1) is 0 Å². The van der Waals surface area contributed by atoms with E-state index in [2.05, 4.69) is 48.9 Å². The first kappa shape index (κ1) is 31.0. The molecule has 2 aromatic carbocycles. The van der Waals surface area contributed by atoms with E-state index in [9.17, 15) is 14.4 Å². The molecule has 2 aromatic rings. The van der Waals surface area contributed by atoms with Crippen LogP contribution in [0.3, 0.4) is 0 Å². The van der Waals surface area contributed by atoms with Crippen molar-refractivity contribution in [3.8, 4) is 11.5 Å². The highest BCUT2D eigenvalue weighted by molar-refractivity contribution is 9.10. The van der Waals surface area contributed by atoms with Gasteiger partial charge < -0.3 is 19.5 Å². The summed E-state index contributed by atoms with van der Waals surface area (Å²) >= 11 is 3.64. The molecule has 0 saturated carbocycles. The van der Waals surface area contributed by atoms with Crippen LogP contribution < -0.4 is 14.8 Å². The Morgan fingerprint density at radius 2 is 1.53 bits per heavy atom. The van der Waals surface area contributed by atoms with Gasteiger partial charge in [-0.2, -0.15) is 0 Å². The lowest BCUT2D eigenvalue weighted by Gasteiger charge is -2.42. The van der Waals surface area contributed by atoms with Gasteiger partial charge in [0, 0.05) is 48.4 Å². The second-order valence-corrected chi connectivity index (χ2v) is 14.4. The van der Waals surface area contributed by atoms with Crippen molar-refractivity contribution in [3.63, 3.8) is 0 Å². The first-order valence-electron chi connectivity index (χ1n) is 14.8. The van der Waals surface area contributed by atoms with Crippen molar-refractivity contribution in [3.05, 3.63) is 74.2 Å². The molecular formula is C35H40BrNO6. The fourth-order valence-corrected chi connectivity index (χ4v) is 7.02. The molecule has 228 valence electrons. The van der Waals surface area contributed by atoms with Crippen molar-refractivity contribution in [2.75, 3.05) is 18.5 Å². The summed E-state index contributed by atoms with van der Waals surface area (Å²) in [6.45, 7) is 14.2. The van der Waals surface area contributed by atoms with Crippen LogP contribution in [0.25, 0.3) is 0 Å². The first-order chi connectivity index (χ1) is 20.2. The van der Waals surface area contributed by atoms with Crippen LogP contribution in [-0.2, 0) is 19.1 Å². The third kappa shape index (κ3) is 6.44. The summed E-state index contributed by atoms with van der Waals surface area (Å²) in [5.41, 5.74) is 4.19. The van der Waals surface area contributed by atoms with Gasteiger partial charge in [-0.1, -0.05) is 45.4 Å². The number of Topliss-reactive ketones (excluding diaryl/α,β-unsaturated/α-hetero) is 2. The molecule has 0 unspecified atom stereocenters. The number of ketones is 2. The van der Waals surface area contributed by atoms with E-state index in [1.807, 2.05) is 51.1 Å². The number of carbonyl (C=O) groups is 3. The normalized spacial score (nSPS) is 19.4. The average Bonchev–Trinajstić information content (AvgIpc) is 2.87. The largest absolute Gasteiger partial charge is 0.490 e. The number of amides is 1. The zero-order valence-corrected chi connectivity index (χ0v) is 27.6. The van der Waals surface area contributed by atoms with Crippen molar-refractivity contribution in [1.29, 1.82) is 0 Å². The lowest BCUT2D eigenvalue weighted by atomic mass is 9.65. The van der Waals surface area contributed by atoms with Crippen molar-refractivity contribution < 1.29 is 28.6 Å². The van der Waals surface area contributed by atoms with E-state index in [0.717, 1.165) is 22.4 Å². The first-order valence-corrected chi connectivity index (χ1v) is 15.6. The van der Waals surface area contributed by atoms with Crippen LogP contribution in [0.1, 0.15) is 82.9 Å². The maximum absolute atomic E-state index is 13.7. The van der Waals surface area contributed by atoms with E-state index in [4.69, 9.17) is 14.2 Å². The van der Waals surface area contributed by atoms with Crippen molar-refractivity contribution in [1.82, 2.24) is 0 Å². The molecule has 0 bridgehead atoms. The third-order valence-electron chi connectivity index (χ3n) is 8.25. The molecule has 2 aliphatic carbocycles. The number of rotatable bonds is 7. The van der Waals surface area contributed by atoms with E-state index in [1.54, 1.807) is 0 Å². The number of hydrogen-bond donors (Lipinski definition) is 1. The van der Waals surface area contributed by atoms with Crippen LogP contribution in [-0.4, -0.2) is 30.7 Å². The molecule has 5 rings (SSSR count). The van der Waals surface area contributed by atoms with E-state index >= 15 is 0 Å². The van der Waals surface area contributed by atoms with Gasteiger partial charge in [0.15, 0.2) is 29.7 Å². The van der Waals surface area contributed by atoms with Crippen LogP contribution in [0.4, 0.5) is 5.69 Å². The van der Waals surface area contributed by atoms with Crippen molar-refractivity contribution >= 4 is 39.1 Å². The van der Waals surface area contributed by atoms with Gasteiger partial charge in [0.1, 0.15) is 11.5 Å². The number of ether oxygens (including phenoxy) is 3. The summed E-state index contributed by atoms with van der Waals surface area (Å²) in [6, 6.07) is 9.52. The molecule has 8 heteroatoms. The molecule has 0 saturated heterocycles. The number of aryl methyl sites for hydroxylation is 2. The van der Waals surface area contributed by atoms with Crippen LogP contribution in [0.5, 0.6) is 11.5 Å².